The predicted octanol–water partition coefficient (Wildman–Crippen LogP) is 0.895. The summed E-state index contributed by atoms with van der Waals surface area (Å²) in [6.07, 6.45) is 7.19. The minimum absolute atomic E-state index is 0.148. The van der Waals surface area contributed by atoms with Gasteiger partial charge in [0, 0.05) is 19.4 Å². The highest BCUT2D eigenvalue weighted by atomic mass is 16.5. The minimum Gasteiger partial charge on any atom is -0.469 e. The predicted molar refractivity (Wildman–Crippen MR) is 52.2 cm³/mol. The monoisotopic (exact) mass is 183 g/mol. The summed E-state index contributed by atoms with van der Waals surface area (Å²) < 4.78 is 4.52. The molecule has 0 heterocycles. The van der Waals surface area contributed by atoms with Gasteiger partial charge in [0.1, 0.15) is 0 Å². The van der Waals surface area contributed by atoms with E-state index >= 15 is 0 Å². The molecule has 0 atom stereocenters. The lowest BCUT2D eigenvalue weighted by molar-refractivity contribution is -0.140. The number of esters is 1. The molecule has 0 aliphatic rings. The number of nitrogens with zero attached hydrogens (tertiary/aromatic N) is 1. The first-order valence-corrected chi connectivity index (χ1v) is 4.39. The zero-order valence-corrected chi connectivity index (χ0v) is 8.38. The van der Waals surface area contributed by atoms with Crippen molar-refractivity contribution < 1.29 is 9.53 Å². The Kier molecular flexibility index (Phi) is 7.04. The molecule has 3 nitrogen and oxygen atoms in total. The summed E-state index contributed by atoms with van der Waals surface area (Å²) in [5.74, 6) is 2.43. The van der Waals surface area contributed by atoms with E-state index in [0.29, 0.717) is 6.42 Å². The standard InChI is InChI=1S/C10H17NO2/c1-4-5-8-11(2)9-6-7-10(12)13-3/h1H,5-9H2,2-3H3. The van der Waals surface area contributed by atoms with E-state index in [2.05, 4.69) is 15.6 Å². The van der Waals surface area contributed by atoms with Gasteiger partial charge in [0.15, 0.2) is 0 Å². The van der Waals surface area contributed by atoms with Crippen molar-refractivity contribution in [2.75, 3.05) is 27.2 Å². The number of carbonyl (C=O) groups is 1. The highest BCUT2D eigenvalue weighted by Crippen LogP contribution is 1.95. The maximum absolute atomic E-state index is 10.7. The van der Waals surface area contributed by atoms with Gasteiger partial charge >= 0.3 is 5.97 Å². The summed E-state index contributed by atoms with van der Waals surface area (Å²) in [5, 5.41) is 0. The molecule has 13 heavy (non-hydrogen) atoms. The van der Waals surface area contributed by atoms with Gasteiger partial charge in [-0.3, -0.25) is 4.79 Å². The van der Waals surface area contributed by atoms with Crippen molar-refractivity contribution >= 4 is 5.97 Å². The highest BCUT2D eigenvalue weighted by molar-refractivity contribution is 5.69. The first kappa shape index (κ1) is 12.0. The zero-order valence-electron chi connectivity index (χ0n) is 8.38. The summed E-state index contributed by atoms with van der Waals surface area (Å²) in [6, 6.07) is 0. The van der Waals surface area contributed by atoms with Crippen LogP contribution in [0.3, 0.4) is 0 Å². The Bertz CT molecular complexity index is 184. The van der Waals surface area contributed by atoms with E-state index < -0.39 is 0 Å². The van der Waals surface area contributed by atoms with Crippen LogP contribution >= 0.6 is 0 Å². The van der Waals surface area contributed by atoms with Crippen molar-refractivity contribution in [1.29, 1.82) is 0 Å². The average Bonchev–Trinajstić information content (AvgIpc) is 2.14. The van der Waals surface area contributed by atoms with E-state index in [1.165, 1.54) is 7.11 Å². The third-order valence-electron chi connectivity index (χ3n) is 1.79. The minimum atomic E-state index is -0.148. The van der Waals surface area contributed by atoms with Gasteiger partial charge in [-0.1, -0.05) is 0 Å². The van der Waals surface area contributed by atoms with Crippen molar-refractivity contribution in [3.05, 3.63) is 0 Å². The second-order valence-corrected chi connectivity index (χ2v) is 2.94. The van der Waals surface area contributed by atoms with E-state index in [4.69, 9.17) is 6.42 Å². The van der Waals surface area contributed by atoms with Gasteiger partial charge < -0.3 is 9.64 Å². The van der Waals surface area contributed by atoms with E-state index in [1.54, 1.807) is 0 Å². The lowest BCUT2D eigenvalue weighted by atomic mass is 10.3. The summed E-state index contributed by atoms with van der Waals surface area (Å²) in [7, 11) is 3.40. The summed E-state index contributed by atoms with van der Waals surface area (Å²) in [4.78, 5) is 12.8. The van der Waals surface area contributed by atoms with Crippen molar-refractivity contribution in [1.82, 2.24) is 4.90 Å². The van der Waals surface area contributed by atoms with Gasteiger partial charge in [0.2, 0.25) is 0 Å². The number of ether oxygens (including phenoxy) is 1. The molecule has 0 saturated heterocycles. The van der Waals surface area contributed by atoms with Gasteiger partial charge in [0.05, 0.1) is 7.11 Å². The first-order chi connectivity index (χ1) is 6.20. The van der Waals surface area contributed by atoms with Gasteiger partial charge in [-0.15, -0.1) is 12.3 Å². The van der Waals surface area contributed by atoms with Gasteiger partial charge in [-0.25, -0.2) is 0 Å². The Balaban J connectivity index is 3.32. The molecule has 0 rings (SSSR count). The highest BCUT2D eigenvalue weighted by Gasteiger charge is 2.01. The fraction of sp³-hybridized carbons (Fsp3) is 0.700. The molecule has 3 heteroatoms. The molecule has 0 spiro atoms. The second-order valence-electron chi connectivity index (χ2n) is 2.94. The van der Waals surface area contributed by atoms with Crippen LogP contribution in [0.15, 0.2) is 0 Å². The Morgan fingerprint density at radius 1 is 1.54 bits per heavy atom. The Labute approximate surface area is 80.1 Å². The summed E-state index contributed by atoms with van der Waals surface area (Å²) >= 11 is 0. The van der Waals surface area contributed by atoms with E-state index in [9.17, 15) is 4.79 Å². The molecule has 0 amide bonds. The SMILES string of the molecule is C#CCCN(C)CCCC(=O)OC. The molecule has 0 aliphatic carbocycles. The molecule has 0 saturated carbocycles. The molecule has 0 aromatic carbocycles. The summed E-state index contributed by atoms with van der Waals surface area (Å²) in [5.41, 5.74) is 0. The first-order valence-electron chi connectivity index (χ1n) is 4.39. The van der Waals surface area contributed by atoms with Crippen molar-refractivity contribution in [2.45, 2.75) is 19.3 Å². The number of carbonyl (C=O) groups excluding carboxylic acids is 1. The molecular weight excluding hydrogens is 166 g/mol. The molecule has 74 valence electrons. The van der Waals surface area contributed by atoms with E-state index in [1.807, 2.05) is 7.05 Å². The number of methoxy groups -OCH3 is 1. The van der Waals surface area contributed by atoms with Crippen LogP contribution in [0.4, 0.5) is 0 Å². The van der Waals surface area contributed by atoms with Crippen LogP contribution in [-0.4, -0.2) is 38.1 Å². The topological polar surface area (TPSA) is 29.5 Å². The van der Waals surface area contributed by atoms with Crippen molar-refractivity contribution in [2.24, 2.45) is 0 Å². The fourth-order valence-electron chi connectivity index (χ4n) is 0.963. The molecule has 0 aliphatic heterocycles. The van der Waals surface area contributed by atoms with Crippen LogP contribution in [0.2, 0.25) is 0 Å². The third-order valence-corrected chi connectivity index (χ3v) is 1.79. The van der Waals surface area contributed by atoms with Gasteiger partial charge in [0.25, 0.3) is 0 Å². The van der Waals surface area contributed by atoms with E-state index in [0.717, 1.165) is 25.9 Å². The number of hydrogen-bond donors (Lipinski definition) is 0. The lowest BCUT2D eigenvalue weighted by Crippen LogP contribution is -2.21. The number of terminal acetylenes is 1. The van der Waals surface area contributed by atoms with Crippen LogP contribution in [0, 0.1) is 12.3 Å². The molecule has 0 bridgehead atoms. The third kappa shape index (κ3) is 7.35. The average molecular weight is 183 g/mol. The quantitative estimate of drug-likeness (QED) is 0.452. The van der Waals surface area contributed by atoms with Gasteiger partial charge in [-0.05, 0) is 20.0 Å². The number of rotatable bonds is 6. The smallest absolute Gasteiger partial charge is 0.305 e. The fourth-order valence-corrected chi connectivity index (χ4v) is 0.963. The second kappa shape index (κ2) is 7.63. The summed E-state index contributed by atoms with van der Waals surface area (Å²) in [6.45, 7) is 1.77. The van der Waals surface area contributed by atoms with Crippen LogP contribution < -0.4 is 0 Å². The van der Waals surface area contributed by atoms with Crippen LogP contribution in [-0.2, 0) is 9.53 Å². The van der Waals surface area contributed by atoms with Crippen molar-refractivity contribution in [3.63, 3.8) is 0 Å². The number of hydrogen-bond acceptors (Lipinski definition) is 3. The molecule has 0 fully saturated rings. The van der Waals surface area contributed by atoms with E-state index in [-0.39, 0.29) is 5.97 Å². The van der Waals surface area contributed by atoms with Crippen molar-refractivity contribution in [3.8, 4) is 12.3 Å². The maximum atomic E-state index is 10.7. The van der Waals surface area contributed by atoms with Crippen LogP contribution in [0.1, 0.15) is 19.3 Å². The molecule has 0 N–H and O–H groups in total. The molecule has 0 aromatic heterocycles. The molecular formula is C10H17NO2. The molecule has 0 radical (unpaired) electrons. The maximum Gasteiger partial charge on any atom is 0.305 e. The van der Waals surface area contributed by atoms with Crippen LogP contribution in [0.25, 0.3) is 0 Å². The molecule has 0 aromatic rings. The Morgan fingerprint density at radius 2 is 2.23 bits per heavy atom. The normalized spacial score (nSPS) is 9.69. The van der Waals surface area contributed by atoms with Gasteiger partial charge in [-0.2, -0.15) is 0 Å². The Morgan fingerprint density at radius 3 is 2.77 bits per heavy atom. The zero-order chi connectivity index (χ0) is 10.1. The molecule has 0 unspecified atom stereocenters. The Hall–Kier alpha value is -1.01. The largest absolute Gasteiger partial charge is 0.469 e. The van der Waals surface area contributed by atoms with Crippen LogP contribution in [0.5, 0.6) is 0 Å². The lowest BCUT2D eigenvalue weighted by Gasteiger charge is -2.13.